The van der Waals surface area contributed by atoms with Gasteiger partial charge in [-0.15, -0.1) is 0 Å². The zero-order valence-electron chi connectivity index (χ0n) is 20.5. The number of hydrogen-bond acceptors (Lipinski definition) is 5. The maximum Gasteiger partial charge on any atom is 0.419 e. The lowest BCUT2D eigenvalue weighted by Gasteiger charge is -2.46. The van der Waals surface area contributed by atoms with Crippen LogP contribution in [0.25, 0.3) is 0 Å². The molecule has 36 heavy (non-hydrogen) atoms. The minimum absolute atomic E-state index is 0.152. The summed E-state index contributed by atoms with van der Waals surface area (Å²) in [6.07, 6.45) is 1.86. The Hall–Kier alpha value is -1.81. The second-order valence-corrected chi connectivity index (χ2v) is 13.0. The van der Waals surface area contributed by atoms with Crippen LogP contribution in [-0.2, 0) is 21.0 Å². The molecule has 4 aliphatic rings. The van der Waals surface area contributed by atoms with E-state index in [-0.39, 0.29) is 11.5 Å². The van der Waals surface area contributed by atoms with Crippen molar-refractivity contribution in [1.82, 2.24) is 0 Å². The van der Waals surface area contributed by atoms with Crippen LogP contribution in [0.4, 0.5) is 13.2 Å². The molecule has 4 bridgehead atoms. The highest BCUT2D eigenvalue weighted by Crippen LogP contribution is 2.70. The van der Waals surface area contributed by atoms with Gasteiger partial charge in [0.05, 0.1) is 11.1 Å². The zero-order valence-corrected chi connectivity index (χ0v) is 21.3. The molecular weight excluding hydrogens is 497 g/mol. The van der Waals surface area contributed by atoms with Crippen LogP contribution in [0.1, 0.15) is 68.3 Å². The number of benzene rings is 1. The van der Waals surface area contributed by atoms with Crippen LogP contribution in [0.5, 0.6) is 5.75 Å². The standard InChI is InChI=1S/C26H33F3O6S/c1-3-25(2,20-12-17-11-18(20)23-15-5-4-14(10-15)22(17)23)35-21-13-16(6-7-19(21)26(27,28)29)24(30)34-8-9-36(31,32)33/h6-7,13-15,17-18,20,22-23H,3-5,8-12H2,1-2H3,(H,31,32,33). The number of halogens is 3. The Morgan fingerprint density at radius 2 is 1.78 bits per heavy atom. The van der Waals surface area contributed by atoms with Gasteiger partial charge < -0.3 is 9.47 Å². The molecule has 0 spiro atoms. The van der Waals surface area contributed by atoms with Gasteiger partial charge in [-0.05, 0) is 99.2 Å². The average molecular weight is 531 g/mol. The molecule has 1 N–H and O–H groups in total. The van der Waals surface area contributed by atoms with E-state index in [0.29, 0.717) is 24.2 Å². The third kappa shape index (κ3) is 4.52. The van der Waals surface area contributed by atoms with Gasteiger partial charge in [0.2, 0.25) is 0 Å². The molecule has 0 aliphatic heterocycles. The fourth-order valence-electron chi connectivity index (χ4n) is 8.22. The first-order valence-electron chi connectivity index (χ1n) is 12.8. The van der Waals surface area contributed by atoms with E-state index >= 15 is 0 Å². The highest BCUT2D eigenvalue weighted by molar-refractivity contribution is 7.85. The molecule has 4 aliphatic carbocycles. The number of carbonyl (C=O) groups is 1. The van der Waals surface area contributed by atoms with Crippen LogP contribution in [0.3, 0.4) is 0 Å². The molecule has 8 atom stereocenters. The fourth-order valence-corrected chi connectivity index (χ4v) is 8.51. The van der Waals surface area contributed by atoms with Crippen LogP contribution < -0.4 is 4.74 Å². The van der Waals surface area contributed by atoms with Crippen molar-refractivity contribution in [3.05, 3.63) is 29.3 Å². The van der Waals surface area contributed by atoms with Gasteiger partial charge in [0, 0.05) is 5.92 Å². The summed E-state index contributed by atoms with van der Waals surface area (Å²) in [6, 6.07) is 2.84. The number of ether oxygens (including phenoxy) is 2. The quantitative estimate of drug-likeness (QED) is 0.267. The smallest absolute Gasteiger partial charge is 0.419 e. The van der Waals surface area contributed by atoms with Crippen LogP contribution in [-0.4, -0.2) is 36.9 Å². The van der Waals surface area contributed by atoms with E-state index in [0.717, 1.165) is 48.8 Å². The fraction of sp³-hybridized carbons (Fsp3) is 0.731. The SMILES string of the molecule is CCC(C)(Oc1cc(C(=O)OCCS(=O)(=O)O)ccc1C(F)(F)F)C1CC2CC1C1C3CCC(C3)C21. The van der Waals surface area contributed by atoms with Crippen molar-refractivity contribution in [2.24, 2.45) is 41.4 Å². The average Bonchev–Trinajstić information content (AvgIpc) is 3.57. The molecular formula is C26H33F3O6S. The summed E-state index contributed by atoms with van der Waals surface area (Å²) in [7, 11) is -4.34. The molecule has 4 fully saturated rings. The van der Waals surface area contributed by atoms with Gasteiger partial charge in [-0.25, -0.2) is 4.79 Å². The number of carbonyl (C=O) groups excluding carboxylic acids is 1. The minimum atomic E-state index is -4.68. The molecule has 1 aromatic carbocycles. The minimum Gasteiger partial charge on any atom is -0.487 e. The van der Waals surface area contributed by atoms with E-state index in [1.54, 1.807) is 0 Å². The van der Waals surface area contributed by atoms with E-state index in [4.69, 9.17) is 14.0 Å². The molecule has 4 saturated carbocycles. The molecule has 1 aromatic rings. The second-order valence-electron chi connectivity index (χ2n) is 11.4. The molecule has 0 saturated heterocycles. The molecule has 0 amide bonds. The van der Waals surface area contributed by atoms with Gasteiger partial charge in [0.25, 0.3) is 10.1 Å². The number of esters is 1. The van der Waals surface area contributed by atoms with Crippen molar-refractivity contribution >= 4 is 16.1 Å². The number of fused-ring (bicyclic) bond motifs is 9. The molecule has 0 aromatic heterocycles. The maximum absolute atomic E-state index is 13.9. The van der Waals surface area contributed by atoms with E-state index < -0.39 is 51.5 Å². The first-order valence-corrected chi connectivity index (χ1v) is 14.4. The summed E-state index contributed by atoms with van der Waals surface area (Å²) >= 11 is 0. The summed E-state index contributed by atoms with van der Waals surface area (Å²) in [6.45, 7) is 3.22. The molecule has 10 heteroatoms. The van der Waals surface area contributed by atoms with Crippen LogP contribution in [0.15, 0.2) is 18.2 Å². The summed E-state index contributed by atoms with van der Waals surface area (Å²) < 4.78 is 83.3. The molecule has 6 nitrogen and oxygen atoms in total. The third-order valence-corrected chi connectivity index (χ3v) is 10.3. The molecule has 8 unspecified atom stereocenters. The molecule has 0 heterocycles. The molecule has 5 rings (SSSR count). The Morgan fingerprint density at radius 1 is 1.08 bits per heavy atom. The van der Waals surface area contributed by atoms with Crippen molar-refractivity contribution in [2.45, 2.75) is 64.1 Å². The van der Waals surface area contributed by atoms with Gasteiger partial charge in [-0.2, -0.15) is 21.6 Å². The number of alkyl halides is 3. The van der Waals surface area contributed by atoms with E-state index in [1.807, 2.05) is 13.8 Å². The highest BCUT2D eigenvalue weighted by Gasteiger charge is 2.65. The molecule has 0 radical (unpaired) electrons. The van der Waals surface area contributed by atoms with Gasteiger partial charge in [0.1, 0.15) is 23.7 Å². The Morgan fingerprint density at radius 3 is 2.42 bits per heavy atom. The van der Waals surface area contributed by atoms with Crippen LogP contribution in [0.2, 0.25) is 0 Å². The highest BCUT2D eigenvalue weighted by atomic mass is 32.2. The summed E-state index contributed by atoms with van der Waals surface area (Å²) in [5.74, 6) is 2.04. The summed E-state index contributed by atoms with van der Waals surface area (Å²) in [5, 5.41) is 0. The lowest BCUT2D eigenvalue weighted by atomic mass is 9.63. The lowest BCUT2D eigenvalue weighted by Crippen LogP contribution is -2.47. The van der Waals surface area contributed by atoms with Gasteiger partial charge >= 0.3 is 12.1 Å². The van der Waals surface area contributed by atoms with Crippen molar-refractivity contribution in [2.75, 3.05) is 12.4 Å². The van der Waals surface area contributed by atoms with Gasteiger partial charge in [-0.1, -0.05) is 6.92 Å². The van der Waals surface area contributed by atoms with Gasteiger partial charge in [-0.3, -0.25) is 4.55 Å². The summed E-state index contributed by atoms with van der Waals surface area (Å²) in [4.78, 5) is 12.4. The molecule has 200 valence electrons. The van der Waals surface area contributed by atoms with Crippen molar-refractivity contribution < 1.29 is 40.4 Å². The predicted octanol–water partition coefficient (Wildman–Crippen LogP) is 5.62. The third-order valence-electron chi connectivity index (χ3n) is 9.66. The first kappa shape index (κ1) is 25.8. The predicted molar refractivity (Wildman–Crippen MR) is 125 cm³/mol. The first-order chi connectivity index (χ1) is 16.8. The summed E-state index contributed by atoms with van der Waals surface area (Å²) in [5.41, 5.74) is -1.95. The zero-order chi connectivity index (χ0) is 26.0. The monoisotopic (exact) mass is 530 g/mol. The Balaban J connectivity index is 1.39. The Labute approximate surface area is 209 Å². The number of hydrogen-bond donors (Lipinski definition) is 1. The van der Waals surface area contributed by atoms with Crippen molar-refractivity contribution in [1.29, 1.82) is 0 Å². The van der Waals surface area contributed by atoms with Crippen LogP contribution >= 0.6 is 0 Å². The normalized spacial score (nSPS) is 34.4. The van der Waals surface area contributed by atoms with Crippen molar-refractivity contribution in [3.8, 4) is 5.75 Å². The van der Waals surface area contributed by atoms with Gasteiger partial charge in [0.15, 0.2) is 0 Å². The Kier molecular flexibility index (Phi) is 6.38. The topological polar surface area (TPSA) is 89.9 Å². The van der Waals surface area contributed by atoms with E-state index in [2.05, 4.69) is 0 Å². The van der Waals surface area contributed by atoms with Crippen LogP contribution in [0, 0.1) is 41.4 Å². The van der Waals surface area contributed by atoms with E-state index in [1.165, 1.54) is 19.3 Å². The largest absolute Gasteiger partial charge is 0.487 e. The lowest BCUT2D eigenvalue weighted by molar-refractivity contribution is -0.141. The maximum atomic E-state index is 13.9. The number of rotatable bonds is 8. The second kappa shape index (κ2) is 8.89. The van der Waals surface area contributed by atoms with E-state index in [9.17, 15) is 26.4 Å². The Bertz CT molecular complexity index is 1130. The van der Waals surface area contributed by atoms with Crippen molar-refractivity contribution in [3.63, 3.8) is 0 Å².